The van der Waals surface area contributed by atoms with E-state index in [9.17, 15) is 4.79 Å². The van der Waals surface area contributed by atoms with Crippen molar-refractivity contribution in [2.75, 3.05) is 19.6 Å². The lowest BCUT2D eigenvalue weighted by atomic mass is 10.0. The maximum atomic E-state index is 12.9. The minimum Gasteiger partial charge on any atom is -0.331 e. The molecule has 1 aliphatic heterocycles. The van der Waals surface area contributed by atoms with Crippen LogP contribution in [-0.4, -0.2) is 57.4 Å². The van der Waals surface area contributed by atoms with Crippen molar-refractivity contribution in [2.45, 2.75) is 31.3 Å². The monoisotopic (exact) mass is 322 g/mol. The summed E-state index contributed by atoms with van der Waals surface area (Å²) < 4.78 is 0. The Balaban J connectivity index is 1.55. The SMILES string of the molecule is O=C(c1cnccn1)N1CCN(C2CC2)CC1Cc1ccccc1. The zero-order valence-electron chi connectivity index (χ0n) is 13.7. The number of carbonyl (C=O) groups is 1. The molecule has 1 saturated heterocycles. The van der Waals surface area contributed by atoms with E-state index in [1.165, 1.54) is 18.4 Å². The van der Waals surface area contributed by atoms with E-state index in [0.717, 1.165) is 32.1 Å². The van der Waals surface area contributed by atoms with Gasteiger partial charge in [0.1, 0.15) is 5.69 Å². The summed E-state index contributed by atoms with van der Waals surface area (Å²) in [5.74, 6) is -0.000483. The van der Waals surface area contributed by atoms with Gasteiger partial charge in [0.05, 0.1) is 6.20 Å². The van der Waals surface area contributed by atoms with Crippen LogP contribution >= 0.6 is 0 Å². The molecule has 1 aromatic carbocycles. The molecule has 0 bridgehead atoms. The minimum absolute atomic E-state index is 0.000483. The fraction of sp³-hybridized carbons (Fsp3) is 0.421. The fourth-order valence-electron chi connectivity index (χ4n) is 3.54. The third kappa shape index (κ3) is 3.31. The summed E-state index contributed by atoms with van der Waals surface area (Å²) in [6, 6.07) is 11.4. The molecule has 5 nitrogen and oxygen atoms in total. The second-order valence-corrected chi connectivity index (χ2v) is 6.66. The topological polar surface area (TPSA) is 49.3 Å². The molecule has 2 heterocycles. The smallest absolute Gasteiger partial charge is 0.274 e. The molecule has 5 heteroatoms. The highest BCUT2D eigenvalue weighted by Gasteiger charge is 2.37. The average molecular weight is 322 g/mol. The molecule has 1 unspecified atom stereocenters. The second kappa shape index (κ2) is 6.69. The molecular formula is C19H22N4O. The summed E-state index contributed by atoms with van der Waals surface area (Å²) in [6.45, 7) is 2.68. The van der Waals surface area contributed by atoms with Gasteiger partial charge in [-0.2, -0.15) is 0 Å². The molecular weight excluding hydrogens is 300 g/mol. The minimum atomic E-state index is -0.000483. The van der Waals surface area contributed by atoms with Gasteiger partial charge in [-0.25, -0.2) is 4.98 Å². The highest BCUT2D eigenvalue weighted by Crippen LogP contribution is 2.30. The van der Waals surface area contributed by atoms with Gasteiger partial charge in [-0.05, 0) is 24.8 Å². The molecule has 1 saturated carbocycles. The summed E-state index contributed by atoms with van der Waals surface area (Å²) >= 11 is 0. The maximum Gasteiger partial charge on any atom is 0.274 e. The van der Waals surface area contributed by atoms with Crippen molar-refractivity contribution in [3.8, 4) is 0 Å². The molecule has 124 valence electrons. The Hall–Kier alpha value is -2.27. The summed E-state index contributed by atoms with van der Waals surface area (Å²) in [6.07, 6.45) is 8.24. The molecule has 1 amide bonds. The van der Waals surface area contributed by atoms with Crippen molar-refractivity contribution >= 4 is 5.91 Å². The van der Waals surface area contributed by atoms with Gasteiger partial charge in [-0.3, -0.25) is 14.7 Å². The standard InChI is InChI=1S/C19H22N4O/c24-19(18-13-20-8-9-21-18)23-11-10-22(16-6-7-16)14-17(23)12-15-4-2-1-3-5-15/h1-5,8-9,13,16-17H,6-7,10-12,14H2. The zero-order valence-corrected chi connectivity index (χ0v) is 13.7. The summed E-state index contributed by atoms with van der Waals surface area (Å²) in [4.78, 5) is 25.7. The van der Waals surface area contributed by atoms with E-state index in [1.54, 1.807) is 18.6 Å². The third-order valence-corrected chi connectivity index (χ3v) is 4.93. The van der Waals surface area contributed by atoms with Crippen LogP contribution in [0.25, 0.3) is 0 Å². The molecule has 2 aromatic rings. The number of carbonyl (C=O) groups excluding carboxylic acids is 1. The van der Waals surface area contributed by atoms with E-state index in [-0.39, 0.29) is 11.9 Å². The van der Waals surface area contributed by atoms with Gasteiger partial charge in [-0.1, -0.05) is 30.3 Å². The molecule has 4 rings (SSSR count). The Morgan fingerprint density at radius 2 is 1.96 bits per heavy atom. The highest BCUT2D eigenvalue weighted by atomic mass is 16.2. The Labute approximate surface area is 142 Å². The number of rotatable bonds is 4. The van der Waals surface area contributed by atoms with Gasteiger partial charge in [0.25, 0.3) is 5.91 Å². The lowest BCUT2D eigenvalue weighted by Gasteiger charge is -2.41. The van der Waals surface area contributed by atoms with Crippen molar-refractivity contribution in [2.24, 2.45) is 0 Å². The van der Waals surface area contributed by atoms with Crippen LogP contribution in [0.1, 0.15) is 28.9 Å². The lowest BCUT2D eigenvalue weighted by molar-refractivity contribution is 0.0431. The van der Waals surface area contributed by atoms with E-state index in [1.807, 2.05) is 11.0 Å². The average Bonchev–Trinajstić information content (AvgIpc) is 3.48. The quantitative estimate of drug-likeness (QED) is 0.864. The molecule has 0 spiro atoms. The first-order valence-electron chi connectivity index (χ1n) is 8.66. The molecule has 0 radical (unpaired) electrons. The second-order valence-electron chi connectivity index (χ2n) is 6.66. The first kappa shape index (κ1) is 15.3. The predicted molar refractivity (Wildman–Crippen MR) is 91.6 cm³/mol. The number of piperazine rings is 1. The van der Waals surface area contributed by atoms with Crippen molar-refractivity contribution in [3.63, 3.8) is 0 Å². The predicted octanol–water partition coefficient (Wildman–Crippen LogP) is 2.01. The van der Waals surface area contributed by atoms with Crippen molar-refractivity contribution < 1.29 is 4.79 Å². The number of amides is 1. The van der Waals surface area contributed by atoms with Crippen LogP contribution in [0.4, 0.5) is 0 Å². The normalized spacial score (nSPS) is 21.7. The van der Waals surface area contributed by atoms with Crippen LogP contribution < -0.4 is 0 Å². The zero-order chi connectivity index (χ0) is 16.4. The van der Waals surface area contributed by atoms with E-state index in [4.69, 9.17) is 0 Å². The molecule has 1 aliphatic carbocycles. The molecule has 1 aromatic heterocycles. The Bertz CT molecular complexity index is 687. The third-order valence-electron chi connectivity index (χ3n) is 4.93. The van der Waals surface area contributed by atoms with Crippen LogP contribution in [0.15, 0.2) is 48.9 Å². The molecule has 24 heavy (non-hydrogen) atoms. The number of benzene rings is 1. The Morgan fingerprint density at radius 1 is 1.12 bits per heavy atom. The van der Waals surface area contributed by atoms with Crippen molar-refractivity contribution in [3.05, 3.63) is 60.2 Å². The fourth-order valence-corrected chi connectivity index (χ4v) is 3.54. The number of nitrogens with zero attached hydrogens (tertiary/aromatic N) is 4. The van der Waals surface area contributed by atoms with E-state index >= 15 is 0 Å². The van der Waals surface area contributed by atoms with Gasteiger partial charge in [-0.15, -0.1) is 0 Å². The molecule has 2 aliphatic rings. The number of hydrogen-bond acceptors (Lipinski definition) is 4. The summed E-state index contributed by atoms with van der Waals surface area (Å²) in [5.41, 5.74) is 1.72. The van der Waals surface area contributed by atoms with Crippen LogP contribution in [0.2, 0.25) is 0 Å². The molecule has 1 atom stereocenters. The summed E-state index contributed by atoms with van der Waals surface area (Å²) in [7, 11) is 0. The lowest BCUT2D eigenvalue weighted by Crippen LogP contribution is -2.56. The van der Waals surface area contributed by atoms with Crippen molar-refractivity contribution in [1.82, 2.24) is 19.8 Å². The van der Waals surface area contributed by atoms with Crippen LogP contribution in [0, 0.1) is 0 Å². The van der Waals surface area contributed by atoms with E-state index in [0.29, 0.717) is 5.69 Å². The molecule has 2 fully saturated rings. The van der Waals surface area contributed by atoms with Gasteiger partial charge in [0.2, 0.25) is 0 Å². The Kier molecular flexibility index (Phi) is 4.26. The number of hydrogen-bond donors (Lipinski definition) is 0. The van der Waals surface area contributed by atoms with Crippen LogP contribution in [0.3, 0.4) is 0 Å². The van der Waals surface area contributed by atoms with Gasteiger partial charge in [0, 0.05) is 44.1 Å². The van der Waals surface area contributed by atoms with Gasteiger partial charge < -0.3 is 4.90 Å². The van der Waals surface area contributed by atoms with E-state index < -0.39 is 0 Å². The molecule has 0 N–H and O–H groups in total. The first-order valence-corrected chi connectivity index (χ1v) is 8.66. The summed E-state index contributed by atoms with van der Waals surface area (Å²) in [5, 5.41) is 0. The van der Waals surface area contributed by atoms with Crippen LogP contribution in [0.5, 0.6) is 0 Å². The first-order chi connectivity index (χ1) is 11.8. The van der Waals surface area contributed by atoms with Gasteiger partial charge in [0.15, 0.2) is 0 Å². The van der Waals surface area contributed by atoms with Crippen LogP contribution in [-0.2, 0) is 6.42 Å². The van der Waals surface area contributed by atoms with Crippen molar-refractivity contribution in [1.29, 1.82) is 0 Å². The maximum absolute atomic E-state index is 12.9. The van der Waals surface area contributed by atoms with E-state index in [2.05, 4.69) is 39.1 Å². The van der Waals surface area contributed by atoms with Gasteiger partial charge >= 0.3 is 0 Å². The Morgan fingerprint density at radius 3 is 2.67 bits per heavy atom. The highest BCUT2D eigenvalue weighted by molar-refractivity contribution is 5.92. The largest absolute Gasteiger partial charge is 0.331 e. The number of aromatic nitrogens is 2.